The van der Waals surface area contributed by atoms with Crippen molar-refractivity contribution in [3.8, 4) is 5.75 Å². The zero-order chi connectivity index (χ0) is 9.84. The highest BCUT2D eigenvalue weighted by Gasteiger charge is 2.09. The first-order valence-electron chi connectivity index (χ1n) is 3.95. The molecule has 1 aromatic carbocycles. The highest BCUT2D eigenvalue weighted by atomic mass is 19.1. The molecule has 0 aliphatic rings. The summed E-state index contributed by atoms with van der Waals surface area (Å²) < 4.78 is 13.3. The molecule has 0 bridgehead atoms. The normalized spacial score (nSPS) is 10.4. The van der Waals surface area contributed by atoms with Gasteiger partial charge in [-0.3, -0.25) is 0 Å². The second-order valence-corrected chi connectivity index (χ2v) is 2.81. The Balaban J connectivity index is 2.96. The van der Waals surface area contributed by atoms with Gasteiger partial charge < -0.3 is 9.94 Å². The van der Waals surface area contributed by atoms with Crippen molar-refractivity contribution in [2.75, 3.05) is 6.61 Å². The molecule has 0 aliphatic carbocycles. The van der Waals surface area contributed by atoms with Gasteiger partial charge in [-0.25, -0.2) is 10.3 Å². The van der Waals surface area contributed by atoms with Gasteiger partial charge in [0.15, 0.2) is 0 Å². The molecule has 13 heavy (non-hydrogen) atoms. The van der Waals surface area contributed by atoms with Crippen LogP contribution in [-0.4, -0.2) is 11.7 Å². The lowest BCUT2D eigenvalue weighted by Gasteiger charge is -2.06. The molecule has 4 heteroatoms. The van der Waals surface area contributed by atoms with Gasteiger partial charge in [0.2, 0.25) is 0 Å². The lowest BCUT2D eigenvalue weighted by atomic mass is 10.1. The van der Waals surface area contributed by atoms with Gasteiger partial charge in [0.25, 0.3) is 0 Å². The van der Waals surface area contributed by atoms with Crippen molar-refractivity contribution in [3.05, 3.63) is 29.1 Å². The van der Waals surface area contributed by atoms with E-state index in [1.807, 2.05) is 0 Å². The van der Waals surface area contributed by atoms with E-state index in [9.17, 15) is 9.50 Å². The Kier molecular flexibility index (Phi) is 3.22. The van der Waals surface area contributed by atoms with Gasteiger partial charge >= 0.3 is 0 Å². The monoisotopic (exact) mass is 185 g/mol. The number of benzene rings is 1. The van der Waals surface area contributed by atoms with Crippen LogP contribution in [0.2, 0.25) is 0 Å². The lowest BCUT2D eigenvalue weighted by Crippen LogP contribution is -2.05. The van der Waals surface area contributed by atoms with Crippen LogP contribution < -0.4 is 5.90 Å². The van der Waals surface area contributed by atoms with Crippen LogP contribution in [0, 0.1) is 12.7 Å². The van der Waals surface area contributed by atoms with Gasteiger partial charge in [-0.05, 0) is 18.6 Å². The molecule has 0 heterocycles. The van der Waals surface area contributed by atoms with Gasteiger partial charge in [-0.1, -0.05) is 6.07 Å². The molecule has 0 spiro atoms. The number of hydrogen-bond donors (Lipinski definition) is 2. The van der Waals surface area contributed by atoms with Crippen molar-refractivity contribution < 1.29 is 14.3 Å². The molecular formula is C9H12FNO2. The summed E-state index contributed by atoms with van der Waals surface area (Å²) in [5.74, 6) is 4.36. The van der Waals surface area contributed by atoms with Crippen molar-refractivity contribution in [2.24, 2.45) is 5.90 Å². The number of halogens is 1. The first-order valence-corrected chi connectivity index (χ1v) is 3.95. The molecule has 1 rings (SSSR count). The fourth-order valence-electron chi connectivity index (χ4n) is 1.13. The maximum absolute atomic E-state index is 13.3. The van der Waals surface area contributed by atoms with E-state index < -0.39 is 5.82 Å². The van der Waals surface area contributed by atoms with Crippen molar-refractivity contribution in [2.45, 2.75) is 13.3 Å². The summed E-state index contributed by atoms with van der Waals surface area (Å²) in [4.78, 5) is 4.32. The van der Waals surface area contributed by atoms with E-state index in [0.717, 1.165) is 0 Å². The van der Waals surface area contributed by atoms with E-state index in [0.29, 0.717) is 5.56 Å². The van der Waals surface area contributed by atoms with Crippen molar-refractivity contribution in [3.63, 3.8) is 0 Å². The van der Waals surface area contributed by atoms with E-state index >= 15 is 0 Å². The van der Waals surface area contributed by atoms with E-state index in [4.69, 9.17) is 5.90 Å². The van der Waals surface area contributed by atoms with Crippen LogP contribution in [0.1, 0.15) is 11.1 Å². The molecule has 0 aromatic heterocycles. The highest BCUT2D eigenvalue weighted by Crippen LogP contribution is 2.23. The summed E-state index contributed by atoms with van der Waals surface area (Å²) in [5, 5.41) is 9.31. The fourth-order valence-corrected chi connectivity index (χ4v) is 1.13. The van der Waals surface area contributed by atoms with Crippen LogP contribution >= 0.6 is 0 Å². The van der Waals surface area contributed by atoms with Crippen LogP contribution in [0.3, 0.4) is 0 Å². The van der Waals surface area contributed by atoms with Crippen LogP contribution in [0.25, 0.3) is 0 Å². The molecule has 3 N–H and O–H groups in total. The Morgan fingerprint density at radius 3 is 2.85 bits per heavy atom. The number of nitrogens with two attached hydrogens (primary N) is 1. The SMILES string of the molecule is Cc1ccc(O)c(CCON)c1F. The minimum atomic E-state index is -0.392. The molecule has 0 saturated heterocycles. The third kappa shape index (κ3) is 2.17. The van der Waals surface area contributed by atoms with Gasteiger partial charge in [-0.2, -0.15) is 0 Å². The van der Waals surface area contributed by atoms with Gasteiger partial charge in [0.05, 0.1) is 6.61 Å². The number of aryl methyl sites for hydroxylation is 1. The standard InChI is InChI=1S/C9H12FNO2/c1-6-2-3-8(12)7(9(6)10)4-5-13-11/h2-3,12H,4-5,11H2,1H3. The average Bonchev–Trinajstić information content (AvgIpc) is 2.12. The summed E-state index contributed by atoms with van der Waals surface area (Å²) in [7, 11) is 0. The third-order valence-electron chi connectivity index (χ3n) is 1.88. The number of phenolic OH excluding ortho intramolecular Hbond substituents is 1. The lowest BCUT2D eigenvalue weighted by molar-refractivity contribution is 0.140. The number of phenols is 1. The van der Waals surface area contributed by atoms with E-state index in [1.54, 1.807) is 6.92 Å². The van der Waals surface area contributed by atoms with Crippen molar-refractivity contribution >= 4 is 0 Å². The fraction of sp³-hybridized carbons (Fsp3) is 0.333. The van der Waals surface area contributed by atoms with Crippen LogP contribution in [0.15, 0.2) is 12.1 Å². The minimum absolute atomic E-state index is 0.0554. The third-order valence-corrected chi connectivity index (χ3v) is 1.88. The second kappa shape index (κ2) is 4.20. The van der Waals surface area contributed by atoms with E-state index in [-0.39, 0.29) is 24.3 Å². The topological polar surface area (TPSA) is 55.5 Å². The number of rotatable bonds is 3. The van der Waals surface area contributed by atoms with E-state index in [2.05, 4.69) is 4.84 Å². The Morgan fingerprint density at radius 2 is 2.23 bits per heavy atom. The summed E-state index contributed by atoms with van der Waals surface area (Å²) in [5.41, 5.74) is 0.760. The number of aromatic hydroxyl groups is 1. The van der Waals surface area contributed by atoms with Crippen molar-refractivity contribution in [1.29, 1.82) is 0 Å². The van der Waals surface area contributed by atoms with Crippen molar-refractivity contribution in [1.82, 2.24) is 0 Å². The van der Waals surface area contributed by atoms with Gasteiger partial charge in [0, 0.05) is 12.0 Å². The zero-order valence-corrected chi connectivity index (χ0v) is 7.38. The highest BCUT2D eigenvalue weighted by molar-refractivity contribution is 5.37. The minimum Gasteiger partial charge on any atom is -0.508 e. The maximum atomic E-state index is 13.3. The zero-order valence-electron chi connectivity index (χ0n) is 7.38. The molecule has 72 valence electrons. The Morgan fingerprint density at radius 1 is 1.54 bits per heavy atom. The molecule has 0 radical (unpaired) electrons. The number of hydrogen-bond acceptors (Lipinski definition) is 3. The Bertz CT molecular complexity index is 302. The summed E-state index contributed by atoms with van der Waals surface area (Å²) in [6.07, 6.45) is 0.274. The smallest absolute Gasteiger partial charge is 0.133 e. The molecular weight excluding hydrogens is 173 g/mol. The molecule has 0 atom stereocenters. The molecule has 0 fully saturated rings. The Hall–Kier alpha value is -1.13. The molecule has 3 nitrogen and oxygen atoms in total. The summed E-state index contributed by atoms with van der Waals surface area (Å²) >= 11 is 0. The molecule has 0 saturated carbocycles. The van der Waals surface area contributed by atoms with Crippen LogP contribution in [0.4, 0.5) is 4.39 Å². The molecule has 0 aliphatic heterocycles. The van der Waals surface area contributed by atoms with Crippen LogP contribution in [0.5, 0.6) is 5.75 Å². The summed E-state index contributed by atoms with van der Waals surface area (Å²) in [6, 6.07) is 2.99. The largest absolute Gasteiger partial charge is 0.508 e. The second-order valence-electron chi connectivity index (χ2n) is 2.81. The predicted octanol–water partition coefficient (Wildman–Crippen LogP) is 1.27. The first kappa shape index (κ1) is 9.95. The van der Waals surface area contributed by atoms with Gasteiger partial charge in [-0.15, -0.1) is 0 Å². The first-order chi connectivity index (χ1) is 6.16. The molecule has 0 amide bonds. The molecule has 0 unspecified atom stereocenters. The maximum Gasteiger partial charge on any atom is 0.133 e. The predicted molar refractivity (Wildman–Crippen MR) is 46.6 cm³/mol. The summed E-state index contributed by atoms with van der Waals surface area (Å²) in [6.45, 7) is 1.83. The molecule has 1 aromatic rings. The average molecular weight is 185 g/mol. The van der Waals surface area contributed by atoms with E-state index in [1.165, 1.54) is 12.1 Å². The quantitative estimate of drug-likeness (QED) is 0.697. The van der Waals surface area contributed by atoms with Crippen LogP contribution in [-0.2, 0) is 11.3 Å². The Labute approximate surface area is 75.9 Å². The van der Waals surface area contributed by atoms with Gasteiger partial charge in [0.1, 0.15) is 11.6 Å².